The van der Waals surface area contributed by atoms with E-state index in [1.807, 2.05) is 13.8 Å². The molecule has 0 aliphatic heterocycles. The van der Waals surface area contributed by atoms with Gasteiger partial charge < -0.3 is 10.2 Å². The third-order valence-corrected chi connectivity index (χ3v) is 6.52. The van der Waals surface area contributed by atoms with Gasteiger partial charge in [0, 0.05) is 0 Å². The lowest BCUT2D eigenvalue weighted by molar-refractivity contribution is -0.161. The van der Waals surface area contributed by atoms with E-state index in [2.05, 4.69) is 13.2 Å². The van der Waals surface area contributed by atoms with Gasteiger partial charge >= 0.3 is 11.9 Å². The molecular formula is C24H36O4. The first-order valence-corrected chi connectivity index (χ1v) is 10.7. The van der Waals surface area contributed by atoms with Crippen LogP contribution in [0.25, 0.3) is 0 Å². The van der Waals surface area contributed by atoms with Crippen LogP contribution in [0.4, 0.5) is 0 Å². The molecule has 4 atom stereocenters. The molecular weight excluding hydrogens is 352 g/mol. The number of hydrogen-bond acceptors (Lipinski definition) is 2. The topological polar surface area (TPSA) is 74.6 Å². The summed E-state index contributed by atoms with van der Waals surface area (Å²) in [7, 11) is 0. The van der Waals surface area contributed by atoms with Gasteiger partial charge in [0.05, 0.1) is 11.8 Å². The molecule has 4 nitrogen and oxygen atoms in total. The number of carbonyl (C=O) groups is 2. The van der Waals surface area contributed by atoms with E-state index in [9.17, 15) is 19.8 Å². The quantitative estimate of drug-likeness (QED) is 0.318. The highest BCUT2D eigenvalue weighted by Crippen LogP contribution is 2.54. The first-order chi connectivity index (χ1) is 13.2. The van der Waals surface area contributed by atoms with Gasteiger partial charge in [0.1, 0.15) is 0 Å². The van der Waals surface area contributed by atoms with Crippen LogP contribution in [0.15, 0.2) is 35.5 Å². The zero-order chi connectivity index (χ0) is 20.8. The lowest BCUT2D eigenvalue weighted by Crippen LogP contribution is -2.49. The monoisotopic (exact) mass is 388 g/mol. The summed E-state index contributed by atoms with van der Waals surface area (Å²) in [5.41, 5.74) is 4.90. The molecule has 4 unspecified atom stereocenters. The fourth-order valence-electron chi connectivity index (χ4n) is 5.30. The third kappa shape index (κ3) is 5.36. The molecule has 1 saturated carbocycles. The maximum absolute atomic E-state index is 12.0. The maximum atomic E-state index is 12.0. The number of unbranched alkanes of at least 4 members (excludes halogenated alkanes) is 2. The molecule has 0 amide bonds. The summed E-state index contributed by atoms with van der Waals surface area (Å²) >= 11 is 0. The number of carboxylic acids is 2. The van der Waals surface area contributed by atoms with Gasteiger partial charge in [0.25, 0.3) is 0 Å². The Bertz CT molecular complexity index is 602. The third-order valence-electron chi connectivity index (χ3n) is 6.52. The van der Waals surface area contributed by atoms with Crippen molar-refractivity contribution in [2.24, 2.45) is 23.7 Å². The molecule has 0 aromatic rings. The summed E-state index contributed by atoms with van der Waals surface area (Å²) in [6.07, 6.45) is 9.58. The molecule has 0 heterocycles. The van der Waals surface area contributed by atoms with Crippen molar-refractivity contribution in [3.63, 3.8) is 0 Å². The van der Waals surface area contributed by atoms with Gasteiger partial charge in [0.2, 0.25) is 0 Å². The van der Waals surface area contributed by atoms with Crippen molar-refractivity contribution >= 4 is 11.9 Å². The van der Waals surface area contributed by atoms with E-state index in [0.29, 0.717) is 0 Å². The Morgan fingerprint density at radius 1 is 0.786 bits per heavy atom. The van der Waals surface area contributed by atoms with Gasteiger partial charge in [-0.15, -0.1) is 13.2 Å². The molecule has 0 aromatic heterocycles. The number of fused-ring (bicyclic) bond motifs is 2. The van der Waals surface area contributed by atoms with E-state index < -0.39 is 23.8 Å². The van der Waals surface area contributed by atoms with Crippen molar-refractivity contribution in [1.29, 1.82) is 0 Å². The first kappa shape index (κ1) is 22.4. The molecule has 3 aliphatic carbocycles. The SMILES string of the molecule is C=C(C)CCCCC1=C(CCCCC(=C)C)C2CCC1C(C(=O)O)C2C(=O)O. The molecule has 2 N–H and O–H groups in total. The predicted molar refractivity (Wildman–Crippen MR) is 112 cm³/mol. The van der Waals surface area contributed by atoms with Gasteiger partial charge in [-0.2, -0.15) is 0 Å². The van der Waals surface area contributed by atoms with E-state index in [1.165, 1.54) is 22.3 Å². The minimum Gasteiger partial charge on any atom is -0.481 e. The second-order valence-corrected chi connectivity index (χ2v) is 8.90. The zero-order valence-corrected chi connectivity index (χ0v) is 17.5. The van der Waals surface area contributed by atoms with E-state index in [-0.39, 0.29) is 11.8 Å². The molecule has 0 spiro atoms. The fraction of sp³-hybridized carbons (Fsp3) is 0.667. The summed E-state index contributed by atoms with van der Waals surface area (Å²) in [5, 5.41) is 19.6. The largest absolute Gasteiger partial charge is 0.481 e. The van der Waals surface area contributed by atoms with E-state index >= 15 is 0 Å². The smallest absolute Gasteiger partial charge is 0.308 e. The molecule has 4 heteroatoms. The molecule has 156 valence electrons. The van der Waals surface area contributed by atoms with E-state index in [0.717, 1.165) is 64.2 Å². The van der Waals surface area contributed by atoms with Crippen LogP contribution in [0.5, 0.6) is 0 Å². The van der Waals surface area contributed by atoms with Crippen LogP contribution in [0.3, 0.4) is 0 Å². The first-order valence-electron chi connectivity index (χ1n) is 10.7. The van der Waals surface area contributed by atoms with Crippen LogP contribution < -0.4 is 0 Å². The van der Waals surface area contributed by atoms with Gasteiger partial charge in [-0.1, -0.05) is 22.3 Å². The summed E-state index contributed by atoms with van der Waals surface area (Å²) < 4.78 is 0. The minimum atomic E-state index is -0.942. The van der Waals surface area contributed by atoms with Gasteiger partial charge in [-0.3, -0.25) is 9.59 Å². The molecule has 1 fully saturated rings. The zero-order valence-electron chi connectivity index (χ0n) is 17.5. The van der Waals surface area contributed by atoms with Crippen LogP contribution in [-0.4, -0.2) is 22.2 Å². The lowest BCUT2D eigenvalue weighted by Gasteiger charge is -2.48. The summed E-state index contributed by atoms with van der Waals surface area (Å²) in [4.78, 5) is 23.9. The highest BCUT2D eigenvalue weighted by molar-refractivity contribution is 5.82. The van der Waals surface area contributed by atoms with Crippen molar-refractivity contribution in [1.82, 2.24) is 0 Å². The second-order valence-electron chi connectivity index (χ2n) is 8.90. The number of allylic oxidation sites excluding steroid dienone is 4. The Hall–Kier alpha value is -1.84. The Kier molecular flexibility index (Phi) is 8.09. The summed E-state index contributed by atoms with van der Waals surface area (Å²) in [6, 6.07) is 0. The highest BCUT2D eigenvalue weighted by atomic mass is 16.4. The second kappa shape index (κ2) is 10.1. The fourth-order valence-corrected chi connectivity index (χ4v) is 5.30. The van der Waals surface area contributed by atoms with Gasteiger partial charge in [-0.05, 0) is 89.9 Å². The number of carboxylic acid groups (broad SMARTS) is 2. The molecule has 0 saturated heterocycles. The van der Waals surface area contributed by atoms with Crippen molar-refractivity contribution in [3.05, 3.63) is 35.5 Å². The standard InChI is InChI=1S/C24H36O4/c1-15(2)9-5-7-11-17-18(12-8-6-10-16(3)4)20-14-13-19(17)21(23(25)26)22(20)24(27)28/h19-22H,1,3,5-14H2,2,4H3,(H,25,26)(H,27,28). The molecule has 2 bridgehead atoms. The number of rotatable bonds is 12. The van der Waals surface area contributed by atoms with E-state index in [1.54, 1.807) is 0 Å². The van der Waals surface area contributed by atoms with Crippen molar-refractivity contribution < 1.29 is 19.8 Å². The molecule has 0 radical (unpaired) electrons. The number of hydrogen-bond donors (Lipinski definition) is 2. The van der Waals surface area contributed by atoms with E-state index in [4.69, 9.17) is 0 Å². The predicted octanol–water partition coefficient (Wildman–Crippen LogP) is 6.00. The maximum Gasteiger partial charge on any atom is 0.308 e. The van der Waals surface area contributed by atoms with Crippen molar-refractivity contribution in [3.8, 4) is 0 Å². The van der Waals surface area contributed by atoms with Crippen LogP contribution in [-0.2, 0) is 9.59 Å². The van der Waals surface area contributed by atoms with Crippen LogP contribution >= 0.6 is 0 Å². The Balaban J connectivity index is 2.24. The highest BCUT2D eigenvalue weighted by Gasteiger charge is 2.53. The average Bonchev–Trinajstić information content (AvgIpc) is 2.61. The Labute approximate surface area is 169 Å². The Morgan fingerprint density at radius 2 is 1.14 bits per heavy atom. The average molecular weight is 389 g/mol. The van der Waals surface area contributed by atoms with Crippen molar-refractivity contribution in [2.45, 2.75) is 78.1 Å². The molecule has 3 rings (SSSR count). The molecule has 0 aromatic carbocycles. The molecule has 3 aliphatic rings. The summed E-state index contributed by atoms with van der Waals surface area (Å²) in [5.74, 6) is -3.64. The number of aliphatic carboxylic acids is 2. The van der Waals surface area contributed by atoms with Crippen LogP contribution in [0, 0.1) is 23.7 Å². The van der Waals surface area contributed by atoms with Crippen molar-refractivity contribution in [2.75, 3.05) is 0 Å². The molecule has 28 heavy (non-hydrogen) atoms. The summed E-state index contributed by atoms with van der Waals surface area (Å²) in [6.45, 7) is 12.0. The minimum absolute atomic E-state index is 0.107. The van der Waals surface area contributed by atoms with Gasteiger partial charge in [0.15, 0.2) is 0 Å². The van der Waals surface area contributed by atoms with Crippen LogP contribution in [0.2, 0.25) is 0 Å². The Morgan fingerprint density at radius 3 is 1.43 bits per heavy atom. The normalized spacial score (nSPS) is 26.4. The van der Waals surface area contributed by atoms with Crippen LogP contribution in [0.1, 0.15) is 78.1 Å². The van der Waals surface area contributed by atoms with Gasteiger partial charge in [-0.25, -0.2) is 0 Å². The lowest BCUT2D eigenvalue weighted by atomic mass is 9.55.